The van der Waals surface area contributed by atoms with Crippen molar-refractivity contribution in [3.8, 4) is 5.75 Å². The van der Waals surface area contributed by atoms with Gasteiger partial charge in [0.2, 0.25) is 0 Å². The Kier molecular flexibility index (Phi) is 6.45. The zero-order valence-electron chi connectivity index (χ0n) is 14.7. The van der Waals surface area contributed by atoms with Gasteiger partial charge in [-0.05, 0) is 64.2 Å². The highest BCUT2D eigenvalue weighted by Crippen LogP contribution is 2.25. The number of benzene rings is 1. The molecule has 0 atom stereocenters. The van der Waals surface area contributed by atoms with Gasteiger partial charge in [-0.3, -0.25) is 4.90 Å². The largest absolute Gasteiger partial charge is 0.508 e. The van der Waals surface area contributed by atoms with Crippen LogP contribution in [0.1, 0.15) is 52.0 Å². The molecular weight excluding hydrogens is 290 g/mol. The normalized spacial score (nSPS) is 22.5. The minimum atomic E-state index is -0.139. The number of hydrogen-bond acceptors (Lipinski definition) is 4. The summed E-state index contributed by atoms with van der Waals surface area (Å²) in [6.45, 7) is 8.59. The third-order valence-electron chi connectivity index (χ3n) is 4.39. The van der Waals surface area contributed by atoms with E-state index in [9.17, 15) is 10.2 Å². The molecule has 0 saturated heterocycles. The lowest BCUT2D eigenvalue weighted by Gasteiger charge is -2.36. The van der Waals surface area contributed by atoms with Crippen LogP contribution in [0.2, 0.25) is 0 Å². The van der Waals surface area contributed by atoms with Gasteiger partial charge in [-0.15, -0.1) is 0 Å². The molecule has 0 aliphatic heterocycles. The molecule has 2 rings (SSSR count). The van der Waals surface area contributed by atoms with E-state index in [4.69, 9.17) is 4.74 Å². The van der Waals surface area contributed by atoms with Crippen LogP contribution in [0.15, 0.2) is 24.3 Å². The minimum absolute atomic E-state index is 0.126. The molecule has 2 N–H and O–H groups in total. The molecule has 1 aromatic carbocycles. The summed E-state index contributed by atoms with van der Waals surface area (Å²) in [5.41, 5.74) is 0.992. The van der Waals surface area contributed by atoms with E-state index < -0.39 is 0 Å². The van der Waals surface area contributed by atoms with E-state index in [1.165, 1.54) is 0 Å². The van der Waals surface area contributed by atoms with E-state index in [1.54, 1.807) is 6.07 Å². The number of hydrogen-bond donors (Lipinski definition) is 2. The average molecular weight is 321 g/mol. The summed E-state index contributed by atoms with van der Waals surface area (Å²) >= 11 is 0. The summed E-state index contributed by atoms with van der Waals surface area (Å²) in [4.78, 5) is 2.44. The number of phenolic OH excluding ortho intramolecular Hbond substituents is 1. The molecule has 1 aliphatic rings. The van der Waals surface area contributed by atoms with Crippen LogP contribution in [0.25, 0.3) is 0 Å². The molecule has 1 aliphatic carbocycles. The number of aliphatic hydroxyl groups excluding tert-OH is 1. The molecule has 0 radical (unpaired) electrons. The molecule has 0 unspecified atom stereocenters. The SMILES string of the molecule is CC(C)(C)OCCN(Cc1cccc(O)c1)C1CCC(O)CC1. The van der Waals surface area contributed by atoms with Crippen molar-refractivity contribution >= 4 is 0 Å². The highest BCUT2D eigenvalue weighted by molar-refractivity contribution is 5.27. The Morgan fingerprint density at radius 2 is 1.87 bits per heavy atom. The first kappa shape index (κ1) is 18.2. The summed E-state index contributed by atoms with van der Waals surface area (Å²) in [6.07, 6.45) is 3.66. The van der Waals surface area contributed by atoms with E-state index >= 15 is 0 Å². The van der Waals surface area contributed by atoms with Crippen molar-refractivity contribution in [2.45, 2.75) is 70.7 Å². The first-order chi connectivity index (χ1) is 10.8. The van der Waals surface area contributed by atoms with Gasteiger partial charge >= 0.3 is 0 Å². The summed E-state index contributed by atoms with van der Waals surface area (Å²) in [5.74, 6) is 0.312. The van der Waals surface area contributed by atoms with Gasteiger partial charge in [-0.1, -0.05) is 12.1 Å². The zero-order chi connectivity index (χ0) is 16.9. The molecule has 1 aromatic rings. The Hall–Kier alpha value is -1.10. The lowest BCUT2D eigenvalue weighted by atomic mass is 9.91. The van der Waals surface area contributed by atoms with E-state index in [0.717, 1.165) is 44.3 Å². The van der Waals surface area contributed by atoms with E-state index in [1.807, 2.05) is 12.1 Å². The molecule has 0 bridgehead atoms. The van der Waals surface area contributed by atoms with Gasteiger partial charge in [0.05, 0.1) is 18.3 Å². The van der Waals surface area contributed by atoms with E-state index in [-0.39, 0.29) is 11.7 Å². The van der Waals surface area contributed by atoms with Crippen LogP contribution in [-0.2, 0) is 11.3 Å². The molecule has 23 heavy (non-hydrogen) atoms. The fourth-order valence-electron chi connectivity index (χ4n) is 3.17. The summed E-state index contributed by atoms with van der Waals surface area (Å²) in [6, 6.07) is 7.95. The van der Waals surface area contributed by atoms with E-state index in [0.29, 0.717) is 18.4 Å². The maximum absolute atomic E-state index is 9.74. The highest BCUT2D eigenvalue weighted by Gasteiger charge is 2.25. The Labute approximate surface area is 140 Å². The fraction of sp³-hybridized carbons (Fsp3) is 0.684. The smallest absolute Gasteiger partial charge is 0.115 e. The maximum Gasteiger partial charge on any atom is 0.115 e. The topological polar surface area (TPSA) is 52.9 Å². The fourth-order valence-corrected chi connectivity index (χ4v) is 3.17. The standard InChI is InChI=1S/C19H31NO3/c1-19(2,3)23-12-11-20(16-7-9-17(21)10-8-16)14-15-5-4-6-18(22)13-15/h4-6,13,16-17,21-22H,7-12,14H2,1-3H3. The maximum atomic E-state index is 9.74. The van der Waals surface area contributed by atoms with Crippen molar-refractivity contribution in [3.05, 3.63) is 29.8 Å². The first-order valence-corrected chi connectivity index (χ1v) is 8.67. The lowest BCUT2D eigenvalue weighted by Crippen LogP contribution is -2.41. The average Bonchev–Trinajstić information content (AvgIpc) is 2.46. The molecule has 0 heterocycles. The Morgan fingerprint density at radius 3 is 2.48 bits per heavy atom. The van der Waals surface area contributed by atoms with Gasteiger partial charge in [0.1, 0.15) is 5.75 Å². The second kappa shape index (κ2) is 8.13. The van der Waals surface area contributed by atoms with Crippen LogP contribution >= 0.6 is 0 Å². The quantitative estimate of drug-likeness (QED) is 0.844. The number of phenols is 1. The molecular formula is C19H31NO3. The molecule has 4 heteroatoms. The minimum Gasteiger partial charge on any atom is -0.508 e. The van der Waals surface area contributed by atoms with Crippen molar-refractivity contribution in [2.75, 3.05) is 13.2 Å². The Morgan fingerprint density at radius 1 is 1.17 bits per heavy atom. The van der Waals surface area contributed by atoms with Crippen molar-refractivity contribution in [1.82, 2.24) is 4.90 Å². The van der Waals surface area contributed by atoms with Crippen LogP contribution in [0.3, 0.4) is 0 Å². The number of nitrogens with zero attached hydrogens (tertiary/aromatic N) is 1. The van der Waals surface area contributed by atoms with Gasteiger partial charge in [0, 0.05) is 19.1 Å². The molecule has 1 fully saturated rings. The molecule has 1 saturated carbocycles. The summed E-state index contributed by atoms with van der Waals surface area (Å²) < 4.78 is 5.89. The third kappa shape index (κ3) is 6.50. The van der Waals surface area contributed by atoms with Gasteiger partial charge in [0.15, 0.2) is 0 Å². The van der Waals surface area contributed by atoms with Crippen LogP contribution in [0.4, 0.5) is 0 Å². The monoisotopic (exact) mass is 321 g/mol. The van der Waals surface area contributed by atoms with Crippen LogP contribution in [0, 0.1) is 0 Å². The lowest BCUT2D eigenvalue weighted by molar-refractivity contribution is -0.0240. The summed E-state index contributed by atoms with van der Waals surface area (Å²) in [7, 11) is 0. The van der Waals surface area contributed by atoms with Crippen molar-refractivity contribution in [3.63, 3.8) is 0 Å². The predicted octanol–water partition coefficient (Wildman–Crippen LogP) is 3.31. The molecule has 0 spiro atoms. The highest BCUT2D eigenvalue weighted by atomic mass is 16.5. The third-order valence-corrected chi connectivity index (χ3v) is 4.39. The molecule has 0 aromatic heterocycles. The van der Waals surface area contributed by atoms with Crippen molar-refractivity contribution < 1.29 is 14.9 Å². The predicted molar refractivity (Wildman–Crippen MR) is 92.5 cm³/mol. The molecule has 4 nitrogen and oxygen atoms in total. The molecule has 130 valence electrons. The second-order valence-corrected chi connectivity index (χ2v) is 7.56. The number of ether oxygens (including phenoxy) is 1. The van der Waals surface area contributed by atoms with Crippen LogP contribution < -0.4 is 0 Å². The van der Waals surface area contributed by atoms with Crippen LogP contribution in [-0.4, -0.2) is 46.0 Å². The second-order valence-electron chi connectivity index (χ2n) is 7.56. The van der Waals surface area contributed by atoms with Gasteiger partial charge in [-0.25, -0.2) is 0 Å². The molecule has 0 amide bonds. The number of aliphatic hydroxyl groups is 1. The van der Waals surface area contributed by atoms with Crippen molar-refractivity contribution in [1.29, 1.82) is 0 Å². The Bertz CT molecular complexity index is 476. The van der Waals surface area contributed by atoms with E-state index in [2.05, 4.69) is 31.7 Å². The van der Waals surface area contributed by atoms with Crippen molar-refractivity contribution in [2.24, 2.45) is 0 Å². The van der Waals surface area contributed by atoms with Gasteiger partial charge < -0.3 is 14.9 Å². The zero-order valence-corrected chi connectivity index (χ0v) is 14.7. The van der Waals surface area contributed by atoms with Gasteiger partial charge in [-0.2, -0.15) is 0 Å². The number of aromatic hydroxyl groups is 1. The number of rotatable bonds is 6. The van der Waals surface area contributed by atoms with Gasteiger partial charge in [0.25, 0.3) is 0 Å². The van der Waals surface area contributed by atoms with Crippen LogP contribution in [0.5, 0.6) is 5.75 Å². The summed E-state index contributed by atoms with van der Waals surface area (Å²) in [5, 5.41) is 19.4. The Balaban J connectivity index is 1.98. The first-order valence-electron chi connectivity index (χ1n) is 8.67.